The van der Waals surface area contributed by atoms with Gasteiger partial charge in [-0.25, -0.2) is 19.2 Å². The van der Waals surface area contributed by atoms with Crippen LogP contribution < -0.4 is 0 Å². The fraction of sp³-hybridized carbons (Fsp3) is 0.147. The molecule has 0 radical (unpaired) electrons. The summed E-state index contributed by atoms with van der Waals surface area (Å²) in [4.78, 5) is 66.4. The van der Waals surface area contributed by atoms with E-state index in [1.165, 1.54) is 0 Å². The minimum atomic E-state index is -2.61. The van der Waals surface area contributed by atoms with Crippen LogP contribution in [0.2, 0.25) is 0 Å². The lowest BCUT2D eigenvalue weighted by atomic mass is 9.92. The van der Waals surface area contributed by atoms with Gasteiger partial charge in [0.05, 0.1) is 22.3 Å². The molecule has 22 nitrogen and oxygen atoms in total. The SMILES string of the molecule is O=C[C@H](OC(=O)c1cc(O)c(O)c(O)c1)[C@@H](OC(=O)c1cc(O)c(O)c(O)c1)C1OC(=O)c2cc(O)c(O)c(O)c2-c2c(cc(O)c(O)c2O)C(=O)OC[C@H]1O. The quantitative estimate of drug-likeness (QED) is 0.0525. The van der Waals surface area contributed by atoms with E-state index in [1.807, 2.05) is 0 Å². The van der Waals surface area contributed by atoms with Gasteiger partial charge >= 0.3 is 23.9 Å². The smallest absolute Gasteiger partial charge is 0.339 e. The van der Waals surface area contributed by atoms with Gasteiger partial charge in [0.25, 0.3) is 0 Å². The third-order valence-corrected chi connectivity index (χ3v) is 8.08. The van der Waals surface area contributed by atoms with E-state index in [0.717, 1.165) is 0 Å². The van der Waals surface area contributed by atoms with Gasteiger partial charge in [-0.3, -0.25) is 4.79 Å². The molecular weight excluding hydrogens is 760 g/mol. The Morgan fingerprint density at radius 1 is 0.589 bits per heavy atom. The van der Waals surface area contributed by atoms with Gasteiger partial charge in [-0.1, -0.05) is 0 Å². The maximum Gasteiger partial charge on any atom is 0.339 e. The van der Waals surface area contributed by atoms with Crippen LogP contribution in [0.4, 0.5) is 0 Å². The molecule has 4 aromatic carbocycles. The molecule has 0 aliphatic carbocycles. The van der Waals surface area contributed by atoms with Gasteiger partial charge in [-0.15, -0.1) is 0 Å². The summed E-state index contributed by atoms with van der Waals surface area (Å²) in [6, 6.07) is 3.03. The van der Waals surface area contributed by atoms with Crippen LogP contribution in [-0.2, 0) is 23.7 Å². The van der Waals surface area contributed by atoms with Gasteiger partial charge in [-0.05, 0) is 36.4 Å². The molecule has 4 aromatic rings. The molecule has 0 saturated heterocycles. The van der Waals surface area contributed by atoms with Crippen LogP contribution in [0.5, 0.6) is 69.0 Å². The second kappa shape index (κ2) is 14.8. The lowest BCUT2D eigenvalue weighted by molar-refractivity contribution is -0.141. The van der Waals surface area contributed by atoms with Crippen molar-refractivity contribution >= 4 is 30.2 Å². The summed E-state index contributed by atoms with van der Waals surface area (Å²) >= 11 is 0. The number of esters is 4. The summed E-state index contributed by atoms with van der Waals surface area (Å²) in [6.07, 6.45) is -10.4. The normalized spacial score (nSPS) is 16.4. The molecular formula is C34H26O22. The van der Waals surface area contributed by atoms with Crippen LogP contribution in [0.15, 0.2) is 36.4 Å². The molecule has 13 N–H and O–H groups in total. The van der Waals surface area contributed by atoms with Crippen LogP contribution in [-0.4, -0.2) is 128 Å². The van der Waals surface area contributed by atoms with Crippen molar-refractivity contribution in [2.45, 2.75) is 24.4 Å². The van der Waals surface area contributed by atoms with Gasteiger partial charge in [0.15, 0.2) is 82.1 Å². The highest BCUT2D eigenvalue weighted by atomic mass is 16.6. The van der Waals surface area contributed by atoms with E-state index >= 15 is 0 Å². The number of aliphatic hydroxyl groups excluding tert-OH is 1. The Labute approximate surface area is 309 Å². The van der Waals surface area contributed by atoms with Gasteiger partial charge in [-0.2, -0.15) is 0 Å². The topological polar surface area (TPSA) is 385 Å². The summed E-state index contributed by atoms with van der Waals surface area (Å²) in [6.45, 7) is -1.33. The summed E-state index contributed by atoms with van der Waals surface area (Å²) in [7, 11) is 0. The summed E-state index contributed by atoms with van der Waals surface area (Å²) in [5.74, 6) is -21.2. The minimum Gasteiger partial charge on any atom is -0.504 e. The van der Waals surface area contributed by atoms with Crippen LogP contribution >= 0.6 is 0 Å². The first-order valence-electron chi connectivity index (χ1n) is 15.3. The van der Waals surface area contributed by atoms with E-state index in [2.05, 4.69) is 0 Å². The van der Waals surface area contributed by atoms with Crippen molar-refractivity contribution in [2.24, 2.45) is 0 Å². The molecule has 4 atom stereocenters. The number of aliphatic hydroxyl groups is 1. The number of hydrogen-bond donors (Lipinski definition) is 13. The van der Waals surface area contributed by atoms with Crippen LogP contribution in [0.25, 0.3) is 11.1 Å². The van der Waals surface area contributed by atoms with Crippen molar-refractivity contribution in [3.8, 4) is 80.1 Å². The molecule has 1 heterocycles. The fourth-order valence-corrected chi connectivity index (χ4v) is 5.32. The van der Waals surface area contributed by atoms with Crippen LogP contribution in [0.1, 0.15) is 41.4 Å². The second-order valence-corrected chi connectivity index (χ2v) is 11.7. The molecule has 5 rings (SSSR count). The number of cyclic esters (lactones) is 2. The highest BCUT2D eigenvalue weighted by Crippen LogP contribution is 2.53. The Morgan fingerprint density at radius 2 is 0.982 bits per heavy atom. The molecule has 0 saturated carbocycles. The molecule has 0 spiro atoms. The highest BCUT2D eigenvalue weighted by Gasteiger charge is 2.45. The lowest BCUT2D eigenvalue weighted by Crippen LogP contribution is -2.52. The van der Waals surface area contributed by atoms with Gasteiger partial charge in [0.1, 0.15) is 12.7 Å². The number of hydrogen-bond acceptors (Lipinski definition) is 22. The highest BCUT2D eigenvalue weighted by molar-refractivity contribution is 6.08. The van der Waals surface area contributed by atoms with Crippen molar-refractivity contribution in [2.75, 3.05) is 6.61 Å². The van der Waals surface area contributed by atoms with Gasteiger partial charge in [0, 0.05) is 11.1 Å². The van der Waals surface area contributed by atoms with Gasteiger partial charge < -0.3 is 85.3 Å². The molecule has 1 aliphatic heterocycles. The van der Waals surface area contributed by atoms with Crippen molar-refractivity contribution in [3.63, 3.8) is 0 Å². The molecule has 0 bridgehead atoms. The number of carbonyl (C=O) groups excluding carboxylic acids is 5. The molecule has 1 unspecified atom stereocenters. The monoisotopic (exact) mass is 786 g/mol. The van der Waals surface area contributed by atoms with E-state index in [9.17, 15) is 90.4 Å². The zero-order valence-electron chi connectivity index (χ0n) is 27.5. The van der Waals surface area contributed by atoms with Crippen molar-refractivity contribution in [1.29, 1.82) is 0 Å². The number of rotatable bonds is 7. The predicted molar refractivity (Wildman–Crippen MR) is 175 cm³/mol. The van der Waals surface area contributed by atoms with E-state index in [1.54, 1.807) is 0 Å². The lowest BCUT2D eigenvalue weighted by Gasteiger charge is -2.32. The average Bonchev–Trinajstić information content (AvgIpc) is 3.16. The number of ether oxygens (including phenoxy) is 4. The van der Waals surface area contributed by atoms with Crippen molar-refractivity contribution in [1.82, 2.24) is 0 Å². The minimum absolute atomic E-state index is 0.261. The van der Waals surface area contributed by atoms with Crippen molar-refractivity contribution < 1.29 is 109 Å². The first-order chi connectivity index (χ1) is 26.3. The summed E-state index contributed by atoms with van der Waals surface area (Å²) in [5.41, 5.74) is -5.74. The first kappa shape index (κ1) is 39.2. The zero-order chi connectivity index (χ0) is 41.5. The molecule has 0 amide bonds. The average molecular weight is 787 g/mol. The number of phenolic OH excluding ortho intramolecular Hbond substituents is 12. The Hall–Kier alpha value is -8.01. The van der Waals surface area contributed by atoms with E-state index in [4.69, 9.17) is 18.9 Å². The van der Waals surface area contributed by atoms with Crippen LogP contribution in [0, 0.1) is 0 Å². The maximum atomic E-state index is 13.9. The first-order valence-corrected chi connectivity index (χ1v) is 15.3. The molecule has 0 aromatic heterocycles. The summed E-state index contributed by atoms with van der Waals surface area (Å²) < 4.78 is 20.8. The molecule has 22 heteroatoms. The van der Waals surface area contributed by atoms with Crippen LogP contribution in [0.3, 0.4) is 0 Å². The maximum absolute atomic E-state index is 13.9. The number of phenols is 12. The van der Waals surface area contributed by atoms with Crippen molar-refractivity contribution in [3.05, 3.63) is 58.7 Å². The zero-order valence-corrected chi connectivity index (χ0v) is 27.5. The predicted octanol–water partition coefficient (Wildman–Crippen LogP) is 0.528. The van der Waals surface area contributed by atoms with E-state index < -0.39 is 157 Å². The number of fused-ring (bicyclic) bond motifs is 3. The molecule has 56 heavy (non-hydrogen) atoms. The third-order valence-electron chi connectivity index (χ3n) is 8.08. The standard InChI is InChI=1S/C34H26O22/c35-7-20(54-31(49)9-1-13(36)23(43)14(37)2-9)30(56-32(50)10-3-15(38)24(44)16(39)4-10)29-19(42)8-53-33(51)11-5-17(40)25(45)27(47)21(11)22-12(34(52)55-29)6-18(41)26(46)28(22)48/h1-7,19-20,29-30,36-48H,8H2/t19-,20+,29?,30-/m1/s1. The Balaban J connectivity index is 1.69. The third kappa shape index (κ3) is 7.04. The number of carbonyl (C=O) groups is 5. The van der Waals surface area contributed by atoms with Gasteiger partial charge in [0.2, 0.25) is 11.5 Å². The summed E-state index contributed by atoms with van der Waals surface area (Å²) in [5, 5.41) is 133. The molecule has 294 valence electrons. The molecule has 0 fully saturated rings. The largest absolute Gasteiger partial charge is 0.504 e. The Morgan fingerprint density at radius 3 is 1.41 bits per heavy atom. The fourth-order valence-electron chi connectivity index (χ4n) is 5.32. The Kier molecular flexibility index (Phi) is 10.4. The molecule has 1 aliphatic rings. The number of benzene rings is 4. The Bertz CT molecular complexity index is 2270. The van der Waals surface area contributed by atoms with E-state index in [0.29, 0.717) is 36.4 Å². The number of aldehydes is 1. The second-order valence-electron chi connectivity index (χ2n) is 11.7. The van der Waals surface area contributed by atoms with E-state index in [-0.39, 0.29) is 6.29 Å². The number of aromatic hydroxyl groups is 12.